The van der Waals surface area contributed by atoms with Crippen molar-refractivity contribution in [3.63, 3.8) is 0 Å². The second-order valence-corrected chi connectivity index (χ2v) is 8.97. The molecule has 0 spiro atoms. The van der Waals surface area contributed by atoms with Crippen LogP contribution in [0, 0.1) is 12.8 Å². The topological polar surface area (TPSA) is 45.7 Å². The lowest BCUT2D eigenvalue weighted by molar-refractivity contribution is -0.00365. The molecule has 0 saturated carbocycles. The van der Waals surface area contributed by atoms with Crippen LogP contribution in [0.2, 0.25) is 0 Å². The van der Waals surface area contributed by atoms with Crippen LogP contribution in [0.5, 0.6) is 5.75 Å². The molecule has 6 rings (SSSR count). The predicted molar refractivity (Wildman–Crippen MR) is 105 cm³/mol. The molecule has 0 N–H and O–H groups in total. The van der Waals surface area contributed by atoms with Crippen molar-refractivity contribution in [1.82, 2.24) is 14.8 Å². The molecule has 142 valence electrons. The van der Waals surface area contributed by atoms with Crippen LogP contribution in [-0.4, -0.2) is 59.5 Å². The SMILES string of the molecule is COc1ccccc1[C@@H]1CN(C(=O)c2csc(C)n2)[C@@H]2C3CCN(CC3)[C@@H]21. The zero-order chi connectivity index (χ0) is 18.5. The number of rotatable bonds is 3. The number of benzene rings is 1. The van der Waals surface area contributed by atoms with Crippen molar-refractivity contribution in [2.45, 2.75) is 37.8 Å². The number of carbonyl (C=O) groups excluding carboxylic acids is 1. The van der Waals surface area contributed by atoms with Gasteiger partial charge in [0.05, 0.1) is 18.2 Å². The summed E-state index contributed by atoms with van der Waals surface area (Å²) in [5, 5.41) is 2.86. The first kappa shape index (κ1) is 17.2. The van der Waals surface area contributed by atoms with Gasteiger partial charge in [-0.15, -0.1) is 11.3 Å². The number of amides is 1. The zero-order valence-electron chi connectivity index (χ0n) is 15.8. The smallest absolute Gasteiger partial charge is 0.273 e. The van der Waals surface area contributed by atoms with Gasteiger partial charge in [0, 0.05) is 29.4 Å². The minimum atomic E-state index is 0.0977. The molecule has 5 nitrogen and oxygen atoms in total. The van der Waals surface area contributed by atoms with Gasteiger partial charge in [-0.3, -0.25) is 9.69 Å². The third-order valence-electron chi connectivity index (χ3n) is 6.63. The number of aryl methyl sites for hydroxylation is 1. The minimum Gasteiger partial charge on any atom is -0.496 e. The summed E-state index contributed by atoms with van der Waals surface area (Å²) in [5.41, 5.74) is 1.83. The predicted octanol–water partition coefficient (Wildman–Crippen LogP) is 3.16. The van der Waals surface area contributed by atoms with Gasteiger partial charge < -0.3 is 9.64 Å². The number of methoxy groups -OCH3 is 1. The fourth-order valence-electron chi connectivity index (χ4n) is 5.51. The Morgan fingerprint density at radius 3 is 2.70 bits per heavy atom. The Morgan fingerprint density at radius 2 is 2.00 bits per heavy atom. The van der Waals surface area contributed by atoms with Gasteiger partial charge in [-0.2, -0.15) is 0 Å². The molecule has 6 heteroatoms. The molecule has 5 heterocycles. The molecule has 3 atom stereocenters. The van der Waals surface area contributed by atoms with Crippen LogP contribution < -0.4 is 4.74 Å². The summed E-state index contributed by atoms with van der Waals surface area (Å²) in [7, 11) is 1.74. The molecule has 0 radical (unpaired) electrons. The maximum Gasteiger partial charge on any atom is 0.273 e. The third kappa shape index (κ3) is 2.69. The highest BCUT2D eigenvalue weighted by Crippen LogP contribution is 2.48. The lowest BCUT2D eigenvalue weighted by Crippen LogP contribution is -2.60. The van der Waals surface area contributed by atoms with Crippen molar-refractivity contribution >= 4 is 17.2 Å². The zero-order valence-corrected chi connectivity index (χ0v) is 16.6. The van der Waals surface area contributed by atoms with E-state index >= 15 is 0 Å². The van der Waals surface area contributed by atoms with Gasteiger partial charge in [-0.05, 0) is 44.8 Å². The summed E-state index contributed by atoms with van der Waals surface area (Å²) >= 11 is 1.55. The highest BCUT2D eigenvalue weighted by Gasteiger charge is 2.55. The summed E-state index contributed by atoms with van der Waals surface area (Å²) in [6.07, 6.45) is 2.39. The van der Waals surface area contributed by atoms with Crippen LogP contribution in [0.4, 0.5) is 0 Å². The van der Waals surface area contributed by atoms with Crippen LogP contribution in [0.3, 0.4) is 0 Å². The van der Waals surface area contributed by atoms with Gasteiger partial charge >= 0.3 is 0 Å². The molecule has 1 aromatic carbocycles. The van der Waals surface area contributed by atoms with Crippen molar-refractivity contribution in [1.29, 1.82) is 0 Å². The Labute approximate surface area is 164 Å². The molecule has 2 aromatic rings. The summed E-state index contributed by atoms with van der Waals surface area (Å²) in [6, 6.07) is 8.98. The summed E-state index contributed by atoms with van der Waals surface area (Å²) in [5.74, 6) is 1.92. The summed E-state index contributed by atoms with van der Waals surface area (Å²) < 4.78 is 5.67. The van der Waals surface area contributed by atoms with Gasteiger partial charge in [0.25, 0.3) is 5.91 Å². The molecule has 0 unspecified atom stereocenters. The number of hydrogen-bond donors (Lipinski definition) is 0. The fraction of sp³-hybridized carbons (Fsp3) is 0.524. The quantitative estimate of drug-likeness (QED) is 0.817. The van der Waals surface area contributed by atoms with Gasteiger partial charge in [-0.1, -0.05) is 18.2 Å². The second kappa shape index (κ2) is 6.60. The number of hydrogen-bond acceptors (Lipinski definition) is 5. The van der Waals surface area contributed by atoms with E-state index in [4.69, 9.17) is 4.74 Å². The van der Waals surface area contributed by atoms with Crippen molar-refractivity contribution < 1.29 is 9.53 Å². The molecule has 4 aliphatic rings. The first-order chi connectivity index (χ1) is 13.2. The van der Waals surface area contributed by atoms with E-state index in [1.165, 1.54) is 18.4 Å². The van der Waals surface area contributed by atoms with E-state index in [0.717, 1.165) is 30.4 Å². The lowest BCUT2D eigenvalue weighted by Gasteiger charge is -2.51. The summed E-state index contributed by atoms with van der Waals surface area (Å²) in [4.78, 5) is 22.6. The number of piperidine rings is 3. The van der Waals surface area contributed by atoms with E-state index in [-0.39, 0.29) is 17.9 Å². The number of fused-ring (bicyclic) bond motifs is 2. The average Bonchev–Trinajstić information content (AvgIpc) is 3.33. The van der Waals surface area contributed by atoms with Crippen LogP contribution in [0.1, 0.15) is 39.8 Å². The molecule has 0 aliphatic carbocycles. The molecule has 27 heavy (non-hydrogen) atoms. The fourth-order valence-corrected chi connectivity index (χ4v) is 6.10. The first-order valence-electron chi connectivity index (χ1n) is 9.77. The minimum absolute atomic E-state index is 0.0977. The maximum absolute atomic E-state index is 13.3. The highest BCUT2D eigenvalue weighted by atomic mass is 32.1. The summed E-state index contributed by atoms with van der Waals surface area (Å²) in [6.45, 7) is 5.00. The number of para-hydroxylation sites is 1. The van der Waals surface area contributed by atoms with E-state index in [0.29, 0.717) is 17.7 Å². The second-order valence-electron chi connectivity index (χ2n) is 7.91. The first-order valence-corrected chi connectivity index (χ1v) is 10.7. The Hall–Kier alpha value is -1.92. The Kier molecular flexibility index (Phi) is 4.20. The van der Waals surface area contributed by atoms with Crippen molar-refractivity contribution in [2.24, 2.45) is 5.92 Å². The van der Waals surface area contributed by atoms with Crippen LogP contribution in [0.25, 0.3) is 0 Å². The van der Waals surface area contributed by atoms with E-state index in [1.54, 1.807) is 18.4 Å². The highest BCUT2D eigenvalue weighted by molar-refractivity contribution is 7.09. The maximum atomic E-state index is 13.3. The average molecular weight is 384 g/mol. The van der Waals surface area contributed by atoms with Crippen molar-refractivity contribution in [2.75, 3.05) is 26.7 Å². The standard InChI is InChI=1S/C21H25N3O2S/c1-13-22-17(12-27-13)21(25)24-11-16(15-5-3-4-6-18(15)26-2)20-19(24)14-7-9-23(20)10-8-14/h3-6,12,14,16,19-20H,7-11H2,1-2H3/t16-,19+,20+/m0/s1. The van der Waals surface area contributed by atoms with Crippen LogP contribution in [0.15, 0.2) is 29.6 Å². The molecule has 2 bridgehead atoms. The molecule has 1 aromatic heterocycles. The number of aromatic nitrogens is 1. The van der Waals surface area contributed by atoms with E-state index in [1.807, 2.05) is 24.4 Å². The molecule has 4 saturated heterocycles. The van der Waals surface area contributed by atoms with Crippen molar-refractivity contribution in [3.05, 3.63) is 45.9 Å². The van der Waals surface area contributed by atoms with Gasteiger partial charge in [0.1, 0.15) is 11.4 Å². The number of ether oxygens (including phenoxy) is 1. The normalized spacial score (nSPS) is 31.8. The largest absolute Gasteiger partial charge is 0.496 e. The van der Waals surface area contributed by atoms with Crippen molar-refractivity contribution in [3.8, 4) is 5.75 Å². The monoisotopic (exact) mass is 383 g/mol. The molecule has 4 aliphatic heterocycles. The number of carbonyl (C=O) groups is 1. The van der Waals surface area contributed by atoms with Crippen LogP contribution in [-0.2, 0) is 0 Å². The van der Waals surface area contributed by atoms with Crippen LogP contribution >= 0.6 is 11.3 Å². The number of nitrogens with zero attached hydrogens (tertiary/aromatic N) is 3. The molecule has 4 fully saturated rings. The lowest BCUT2D eigenvalue weighted by atomic mass is 9.75. The Bertz CT molecular complexity index is 859. The van der Waals surface area contributed by atoms with E-state index < -0.39 is 0 Å². The van der Waals surface area contributed by atoms with E-state index in [2.05, 4.69) is 26.9 Å². The molecular formula is C21H25N3O2S. The number of thiazole rings is 1. The van der Waals surface area contributed by atoms with Gasteiger partial charge in [0.15, 0.2) is 0 Å². The van der Waals surface area contributed by atoms with Gasteiger partial charge in [0.2, 0.25) is 0 Å². The molecular weight excluding hydrogens is 358 g/mol. The van der Waals surface area contributed by atoms with Gasteiger partial charge in [-0.25, -0.2) is 4.98 Å². The Morgan fingerprint density at radius 1 is 1.22 bits per heavy atom. The third-order valence-corrected chi connectivity index (χ3v) is 7.41. The Balaban J connectivity index is 1.55. The molecule has 1 amide bonds. The van der Waals surface area contributed by atoms with E-state index in [9.17, 15) is 4.79 Å². The number of likely N-dealkylation sites (tertiary alicyclic amines) is 1.